The molecular formula is C20H25N3O3S. The lowest BCUT2D eigenvalue weighted by molar-refractivity contribution is -0.132. The van der Waals surface area contributed by atoms with Crippen LogP contribution in [-0.2, 0) is 27.1 Å². The average molecular weight is 388 g/mol. The van der Waals surface area contributed by atoms with Crippen molar-refractivity contribution in [3.05, 3.63) is 71.3 Å². The van der Waals surface area contributed by atoms with Crippen LogP contribution in [-0.4, -0.2) is 32.3 Å². The van der Waals surface area contributed by atoms with Crippen molar-refractivity contribution in [1.82, 2.24) is 10.2 Å². The number of carbonyl (C=O) groups is 1. The van der Waals surface area contributed by atoms with Crippen LogP contribution in [0.25, 0.3) is 0 Å². The Hall–Kier alpha value is -2.22. The molecule has 0 spiro atoms. The van der Waals surface area contributed by atoms with Gasteiger partial charge in [-0.1, -0.05) is 54.6 Å². The number of nitrogens with one attached hydrogen (secondary N) is 1. The molecule has 0 saturated carbocycles. The van der Waals surface area contributed by atoms with E-state index in [9.17, 15) is 13.2 Å². The van der Waals surface area contributed by atoms with E-state index in [1.54, 1.807) is 12.1 Å². The van der Waals surface area contributed by atoms with E-state index < -0.39 is 16.1 Å². The summed E-state index contributed by atoms with van der Waals surface area (Å²) >= 11 is 0. The van der Waals surface area contributed by atoms with Crippen molar-refractivity contribution in [3.63, 3.8) is 0 Å². The molecular weight excluding hydrogens is 362 g/mol. The van der Waals surface area contributed by atoms with Gasteiger partial charge in [-0.25, -0.2) is 13.6 Å². The molecule has 1 saturated heterocycles. The van der Waals surface area contributed by atoms with Gasteiger partial charge in [0.1, 0.15) is 6.04 Å². The van der Waals surface area contributed by atoms with Crippen molar-refractivity contribution in [3.8, 4) is 0 Å². The summed E-state index contributed by atoms with van der Waals surface area (Å²) in [7, 11) is -3.54. The molecule has 1 unspecified atom stereocenters. The molecule has 0 aromatic heterocycles. The average Bonchev–Trinajstić information content (AvgIpc) is 3.17. The number of sulfonamides is 1. The molecule has 1 aliphatic heterocycles. The van der Waals surface area contributed by atoms with Crippen LogP contribution < -0.4 is 10.5 Å². The predicted molar refractivity (Wildman–Crippen MR) is 105 cm³/mol. The highest BCUT2D eigenvalue weighted by Crippen LogP contribution is 2.20. The molecule has 3 rings (SSSR count). The quantitative estimate of drug-likeness (QED) is 0.759. The van der Waals surface area contributed by atoms with Gasteiger partial charge in [-0.3, -0.25) is 10.1 Å². The first-order chi connectivity index (χ1) is 12.9. The Balaban J connectivity index is 1.70. The second kappa shape index (κ2) is 8.65. The smallest absolute Gasteiger partial charge is 0.244 e. The summed E-state index contributed by atoms with van der Waals surface area (Å²) in [6.45, 7) is 2.13. The molecule has 0 aliphatic carbocycles. The topological polar surface area (TPSA) is 92.5 Å². The van der Waals surface area contributed by atoms with Gasteiger partial charge >= 0.3 is 0 Å². The minimum atomic E-state index is -3.54. The highest BCUT2D eigenvalue weighted by molar-refractivity contribution is 7.88. The molecule has 27 heavy (non-hydrogen) atoms. The lowest BCUT2D eigenvalue weighted by Crippen LogP contribution is -2.39. The normalized spacial score (nSPS) is 15.7. The van der Waals surface area contributed by atoms with Crippen LogP contribution in [0.1, 0.15) is 35.6 Å². The molecule has 0 radical (unpaired) electrons. The maximum atomic E-state index is 13.0. The molecule has 7 heteroatoms. The van der Waals surface area contributed by atoms with Gasteiger partial charge in [-0.2, -0.15) is 0 Å². The fourth-order valence-corrected chi connectivity index (χ4v) is 3.98. The van der Waals surface area contributed by atoms with Gasteiger partial charge in [-0.15, -0.1) is 0 Å². The number of likely N-dealkylation sites (tertiary alicyclic amines) is 1. The van der Waals surface area contributed by atoms with Crippen molar-refractivity contribution in [2.75, 3.05) is 13.1 Å². The van der Waals surface area contributed by atoms with Gasteiger partial charge < -0.3 is 4.90 Å². The number of primary sulfonamides is 1. The zero-order valence-corrected chi connectivity index (χ0v) is 16.0. The second-order valence-corrected chi connectivity index (χ2v) is 8.50. The zero-order chi connectivity index (χ0) is 19.3. The van der Waals surface area contributed by atoms with Crippen LogP contribution in [0.3, 0.4) is 0 Å². The summed E-state index contributed by atoms with van der Waals surface area (Å²) in [4.78, 5) is 14.9. The highest BCUT2D eigenvalue weighted by atomic mass is 32.2. The molecule has 144 valence electrons. The van der Waals surface area contributed by atoms with Crippen LogP contribution in [0.2, 0.25) is 0 Å². The first-order valence-corrected chi connectivity index (χ1v) is 10.8. The number of carbonyl (C=O) groups excluding carboxylic acids is 1. The lowest BCUT2D eigenvalue weighted by Gasteiger charge is -2.24. The van der Waals surface area contributed by atoms with E-state index in [0.29, 0.717) is 12.1 Å². The number of nitrogens with two attached hydrogens (primary N) is 1. The van der Waals surface area contributed by atoms with Crippen molar-refractivity contribution in [2.45, 2.75) is 31.2 Å². The molecule has 2 aromatic rings. The Labute approximate surface area is 160 Å². The van der Waals surface area contributed by atoms with Crippen LogP contribution in [0.15, 0.2) is 54.6 Å². The summed E-state index contributed by atoms with van der Waals surface area (Å²) in [6.07, 6.45) is 2.11. The number of amides is 1. The fraction of sp³-hybridized carbons (Fsp3) is 0.350. The number of nitrogens with zero attached hydrogens (tertiary/aromatic N) is 1. The molecule has 0 bridgehead atoms. The molecule has 1 fully saturated rings. The summed E-state index contributed by atoms with van der Waals surface area (Å²) in [5, 5.41) is 8.44. The largest absolute Gasteiger partial charge is 0.341 e. The van der Waals surface area contributed by atoms with Gasteiger partial charge in [-0.05, 0) is 29.5 Å². The van der Waals surface area contributed by atoms with Crippen LogP contribution >= 0.6 is 0 Å². The summed E-state index contributed by atoms with van der Waals surface area (Å²) in [5.74, 6) is -0.0783. The van der Waals surface area contributed by atoms with E-state index in [1.807, 2.05) is 47.4 Å². The monoisotopic (exact) mass is 387 g/mol. The molecule has 6 nitrogen and oxygen atoms in total. The van der Waals surface area contributed by atoms with Gasteiger partial charge in [0.05, 0.1) is 5.75 Å². The van der Waals surface area contributed by atoms with Gasteiger partial charge in [0.2, 0.25) is 15.9 Å². The maximum absolute atomic E-state index is 13.0. The minimum absolute atomic E-state index is 0.101. The molecule has 1 aliphatic rings. The van der Waals surface area contributed by atoms with Crippen molar-refractivity contribution >= 4 is 15.9 Å². The summed E-state index contributed by atoms with van der Waals surface area (Å²) in [6, 6.07) is 16.5. The Kier molecular flexibility index (Phi) is 6.26. The SMILES string of the molecule is NS(=O)(=O)Cc1ccc(CNC(C(=O)N2CCCC2)c2ccccc2)cc1. The van der Waals surface area contributed by atoms with E-state index in [1.165, 1.54) is 0 Å². The first kappa shape index (κ1) is 19.5. The van der Waals surface area contributed by atoms with Gasteiger partial charge in [0, 0.05) is 19.6 Å². The van der Waals surface area contributed by atoms with Crippen LogP contribution in [0.5, 0.6) is 0 Å². The Morgan fingerprint density at radius 1 is 1.00 bits per heavy atom. The molecule has 1 heterocycles. The van der Waals surface area contributed by atoms with Crippen LogP contribution in [0, 0.1) is 0 Å². The maximum Gasteiger partial charge on any atom is 0.244 e. The number of rotatable bonds is 7. The first-order valence-electron chi connectivity index (χ1n) is 9.08. The van der Waals surface area contributed by atoms with Gasteiger partial charge in [0.25, 0.3) is 0 Å². The Morgan fingerprint density at radius 3 is 2.19 bits per heavy atom. The zero-order valence-electron chi connectivity index (χ0n) is 15.2. The Morgan fingerprint density at radius 2 is 1.59 bits per heavy atom. The minimum Gasteiger partial charge on any atom is -0.341 e. The van der Waals surface area contributed by atoms with Crippen molar-refractivity contribution in [1.29, 1.82) is 0 Å². The highest BCUT2D eigenvalue weighted by Gasteiger charge is 2.27. The third-order valence-corrected chi connectivity index (χ3v) is 5.43. The van der Waals surface area contributed by atoms with E-state index >= 15 is 0 Å². The third-order valence-electron chi connectivity index (χ3n) is 4.70. The number of benzene rings is 2. The predicted octanol–water partition coefficient (Wildman–Crippen LogP) is 1.93. The van der Waals surface area contributed by atoms with Crippen LogP contribution in [0.4, 0.5) is 0 Å². The Bertz CT molecular complexity index is 861. The second-order valence-electron chi connectivity index (χ2n) is 6.88. The van der Waals surface area contributed by atoms with E-state index in [0.717, 1.165) is 37.1 Å². The number of hydrogen-bond donors (Lipinski definition) is 2. The molecule has 2 aromatic carbocycles. The van der Waals surface area contributed by atoms with Gasteiger partial charge in [0.15, 0.2) is 0 Å². The van der Waals surface area contributed by atoms with Crippen molar-refractivity contribution < 1.29 is 13.2 Å². The molecule has 3 N–H and O–H groups in total. The third kappa shape index (κ3) is 5.63. The summed E-state index contributed by atoms with van der Waals surface area (Å²) in [5.41, 5.74) is 2.57. The molecule has 1 amide bonds. The van der Waals surface area contributed by atoms with E-state index in [2.05, 4.69) is 5.32 Å². The molecule has 1 atom stereocenters. The lowest BCUT2D eigenvalue weighted by atomic mass is 10.0. The standard InChI is InChI=1S/C20H25N3O3S/c21-27(25,26)15-17-10-8-16(9-11-17)14-22-19(18-6-2-1-3-7-18)20(24)23-12-4-5-13-23/h1-3,6-11,19,22H,4-5,12-15H2,(H2,21,25,26). The van der Waals surface area contributed by atoms with E-state index in [4.69, 9.17) is 5.14 Å². The van der Waals surface area contributed by atoms with E-state index in [-0.39, 0.29) is 11.7 Å². The number of hydrogen-bond acceptors (Lipinski definition) is 4. The van der Waals surface area contributed by atoms with Crippen molar-refractivity contribution in [2.24, 2.45) is 5.14 Å². The fourth-order valence-electron chi connectivity index (χ4n) is 3.32. The summed E-state index contributed by atoms with van der Waals surface area (Å²) < 4.78 is 22.4.